The van der Waals surface area contributed by atoms with Gasteiger partial charge in [-0.15, -0.1) is 11.3 Å². The number of nitrogens with zero attached hydrogens (tertiary/aromatic N) is 2. The summed E-state index contributed by atoms with van der Waals surface area (Å²) in [7, 11) is -3.36. The number of thiazole rings is 1. The van der Waals surface area contributed by atoms with Gasteiger partial charge < -0.3 is 4.90 Å². The van der Waals surface area contributed by atoms with E-state index in [2.05, 4.69) is 48.4 Å². The lowest BCUT2D eigenvalue weighted by atomic mass is 10.0. The Hall–Kier alpha value is -2.18. The van der Waals surface area contributed by atoms with Crippen molar-refractivity contribution < 1.29 is 8.42 Å². The summed E-state index contributed by atoms with van der Waals surface area (Å²) in [6, 6.07) is 8.52. The van der Waals surface area contributed by atoms with Crippen LogP contribution in [-0.2, 0) is 9.84 Å². The summed E-state index contributed by atoms with van der Waals surface area (Å²) >= 11 is 1.64. The van der Waals surface area contributed by atoms with E-state index in [9.17, 15) is 8.42 Å². The molecule has 0 N–H and O–H groups in total. The summed E-state index contributed by atoms with van der Waals surface area (Å²) in [5.41, 5.74) is 8.55. The molecule has 1 aliphatic heterocycles. The molecule has 0 radical (unpaired) electrons. The van der Waals surface area contributed by atoms with E-state index in [1.54, 1.807) is 11.3 Å². The van der Waals surface area contributed by atoms with Gasteiger partial charge in [0.1, 0.15) is 0 Å². The first kappa shape index (κ1) is 23.0. The third-order valence-corrected chi connectivity index (χ3v) is 10.5. The highest BCUT2D eigenvalue weighted by atomic mass is 32.2. The van der Waals surface area contributed by atoms with Crippen LogP contribution in [0.1, 0.15) is 46.2 Å². The average Bonchev–Trinajstić information content (AvgIpc) is 3.25. The van der Waals surface area contributed by atoms with E-state index in [0.29, 0.717) is 30.8 Å². The van der Waals surface area contributed by atoms with Crippen molar-refractivity contribution >= 4 is 26.3 Å². The minimum absolute atomic E-state index is 0.337. The first-order valence-electron chi connectivity index (χ1n) is 11.2. The van der Waals surface area contributed by atoms with E-state index >= 15 is 0 Å². The van der Waals surface area contributed by atoms with Gasteiger partial charge >= 0.3 is 0 Å². The highest BCUT2D eigenvalue weighted by Crippen LogP contribution is 2.35. The van der Waals surface area contributed by atoms with Gasteiger partial charge in [0.15, 0.2) is 15.0 Å². The predicted molar refractivity (Wildman–Crippen MR) is 135 cm³/mol. The lowest BCUT2D eigenvalue weighted by Crippen LogP contribution is -2.39. The van der Waals surface area contributed by atoms with Crippen molar-refractivity contribution in [3.63, 3.8) is 0 Å². The molecule has 0 aliphatic carbocycles. The van der Waals surface area contributed by atoms with Crippen molar-refractivity contribution in [2.75, 3.05) is 18.0 Å². The lowest BCUT2D eigenvalue weighted by molar-refractivity contribution is 0.528. The zero-order chi connectivity index (χ0) is 23.2. The van der Waals surface area contributed by atoms with Crippen molar-refractivity contribution in [2.45, 2.75) is 64.5 Å². The van der Waals surface area contributed by atoms with Gasteiger partial charge in [-0.3, -0.25) is 0 Å². The molecule has 1 saturated heterocycles. The highest BCUT2D eigenvalue weighted by Gasteiger charge is 2.34. The Balaban J connectivity index is 1.52. The number of anilines is 1. The molecule has 170 valence electrons. The van der Waals surface area contributed by atoms with Crippen LogP contribution in [0.25, 0.3) is 11.3 Å². The molecule has 0 spiro atoms. The molecule has 2 aromatic carbocycles. The molecular formula is C26H32N2O2S2. The van der Waals surface area contributed by atoms with Crippen LogP contribution in [0, 0.1) is 41.5 Å². The molecule has 2 heterocycles. The number of hydrogen-bond acceptors (Lipinski definition) is 5. The molecule has 0 bridgehead atoms. The SMILES string of the molecule is Cc1ccc(-c2csc(N3CCC(S(=O)(=O)c4c(C)c(C)cc(C)c4C)CC3)n2)cc1C. The molecule has 0 unspecified atom stereocenters. The van der Waals surface area contributed by atoms with E-state index in [1.165, 1.54) is 11.1 Å². The van der Waals surface area contributed by atoms with Gasteiger partial charge in [-0.2, -0.15) is 0 Å². The minimum atomic E-state index is -3.36. The van der Waals surface area contributed by atoms with Crippen molar-refractivity contribution in [3.05, 3.63) is 63.0 Å². The molecule has 3 aromatic rings. The Bertz CT molecular complexity index is 1240. The van der Waals surface area contributed by atoms with Crippen LogP contribution in [0.15, 0.2) is 34.5 Å². The average molecular weight is 469 g/mol. The third-order valence-electron chi connectivity index (χ3n) is 7.03. The highest BCUT2D eigenvalue weighted by molar-refractivity contribution is 7.92. The number of benzene rings is 2. The van der Waals surface area contributed by atoms with E-state index in [1.807, 2.05) is 27.7 Å². The smallest absolute Gasteiger partial charge is 0.185 e. The molecule has 4 rings (SSSR count). The van der Waals surface area contributed by atoms with Crippen LogP contribution in [-0.4, -0.2) is 31.7 Å². The molecule has 1 fully saturated rings. The van der Waals surface area contributed by atoms with Crippen LogP contribution < -0.4 is 4.90 Å². The van der Waals surface area contributed by atoms with Gasteiger partial charge in [-0.05, 0) is 93.8 Å². The fraction of sp³-hybridized carbons (Fsp3) is 0.423. The fourth-order valence-corrected chi connectivity index (χ4v) is 7.80. The van der Waals surface area contributed by atoms with Gasteiger partial charge in [0, 0.05) is 24.0 Å². The van der Waals surface area contributed by atoms with Crippen LogP contribution in [0.5, 0.6) is 0 Å². The summed E-state index contributed by atoms with van der Waals surface area (Å²) in [6.45, 7) is 13.5. The topological polar surface area (TPSA) is 50.3 Å². The van der Waals surface area contributed by atoms with Crippen LogP contribution >= 0.6 is 11.3 Å². The summed E-state index contributed by atoms with van der Waals surface area (Å²) in [4.78, 5) is 7.66. The molecule has 0 atom stereocenters. The second-order valence-corrected chi connectivity index (χ2v) is 12.1. The maximum atomic E-state index is 13.6. The number of aryl methyl sites for hydroxylation is 4. The first-order chi connectivity index (χ1) is 15.1. The maximum absolute atomic E-state index is 13.6. The van der Waals surface area contributed by atoms with Gasteiger partial charge in [-0.1, -0.05) is 18.2 Å². The number of hydrogen-bond donors (Lipinski definition) is 0. The summed E-state index contributed by atoms with van der Waals surface area (Å²) in [5, 5.41) is 2.74. The number of rotatable bonds is 4. The van der Waals surface area contributed by atoms with Gasteiger partial charge in [0.2, 0.25) is 0 Å². The molecule has 1 aromatic heterocycles. The number of sulfone groups is 1. The lowest BCUT2D eigenvalue weighted by Gasteiger charge is -2.32. The fourth-order valence-electron chi connectivity index (χ4n) is 4.57. The second kappa shape index (κ2) is 8.64. The summed E-state index contributed by atoms with van der Waals surface area (Å²) < 4.78 is 27.2. The van der Waals surface area contributed by atoms with Gasteiger partial charge in [0.05, 0.1) is 15.8 Å². The van der Waals surface area contributed by atoms with Crippen LogP contribution in [0.3, 0.4) is 0 Å². The Morgan fingerprint density at radius 1 is 0.875 bits per heavy atom. The molecule has 0 amide bonds. The van der Waals surface area contributed by atoms with E-state index < -0.39 is 9.84 Å². The number of aromatic nitrogens is 1. The Morgan fingerprint density at radius 2 is 1.50 bits per heavy atom. The second-order valence-electron chi connectivity index (χ2n) is 9.14. The molecule has 1 aliphatic rings. The van der Waals surface area contributed by atoms with Gasteiger partial charge in [-0.25, -0.2) is 13.4 Å². The largest absolute Gasteiger partial charge is 0.348 e. The Kier molecular flexibility index (Phi) is 6.21. The minimum Gasteiger partial charge on any atom is -0.348 e. The van der Waals surface area contributed by atoms with Crippen molar-refractivity contribution in [1.29, 1.82) is 0 Å². The molecule has 32 heavy (non-hydrogen) atoms. The molecule has 6 heteroatoms. The Labute approximate surface area is 196 Å². The standard InChI is InChI=1S/C26H32N2O2S2/c1-16-7-8-22(14-17(16)2)24-15-31-26(27-24)28-11-9-23(10-12-28)32(29,30)25-20(5)18(3)13-19(4)21(25)6/h7-8,13-15,23H,9-12H2,1-6H3. The zero-order valence-corrected chi connectivity index (χ0v) is 21.5. The zero-order valence-electron chi connectivity index (χ0n) is 19.8. The van der Waals surface area contributed by atoms with E-state index in [4.69, 9.17) is 4.98 Å². The van der Waals surface area contributed by atoms with Crippen molar-refractivity contribution in [3.8, 4) is 11.3 Å². The van der Waals surface area contributed by atoms with E-state index in [-0.39, 0.29) is 5.25 Å². The quantitative estimate of drug-likeness (QED) is 0.464. The summed E-state index contributed by atoms with van der Waals surface area (Å²) in [6.07, 6.45) is 1.26. The Morgan fingerprint density at radius 3 is 2.09 bits per heavy atom. The molecule has 0 saturated carbocycles. The van der Waals surface area contributed by atoms with Crippen molar-refractivity contribution in [2.24, 2.45) is 0 Å². The van der Waals surface area contributed by atoms with Crippen molar-refractivity contribution in [1.82, 2.24) is 4.98 Å². The normalized spacial score (nSPS) is 15.4. The molecular weight excluding hydrogens is 436 g/mol. The monoisotopic (exact) mass is 468 g/mol. The van der Waals surface area contributed by atoms with Crippen LogP contribution in [0.2, 0.25) is 0 Å². The predicted octanol–water partition coefficient (Wildman–Crippen LogP) is 6.10. The number of piperidine rings is 1. The molecule has 4 nitrogen and oxygen atoms in total. The van der Waals surface area contributed by atoms with E-state index in [0.717, 1.165) is 38.6 Å². The van der Waals surface area contributed by atoms with Gasteiger partial charge in [0.25, 0.3) is 0 Å². The van der Waals surface area contributed by atoms with Crippen LogP contribution in [0.4, 0.5) is 5.13 Å². The first-order valence-corrected chi connectivity index (χ1v) is 13.6. The third kappa shape index (κ3) is 4.11. The summed E-state index contributed by atoms with van der Waals surface area (Å²) in [5.74, 6) is 0. The maximum Gasteiger partial charge on any atom is 0.185 e.